The van der Waals surface area contributed by atoms with Crippen LogP contribution in [0.15, 0.2) is 60.7 Å². The van der Waals surface area contributed by atoms with Crippen molar-refractivity contribution in [3.8, 4) is 0 Å². The lowest BCUT2D eigenvalue weighted by atomic mass is 10.1. The summed E-state index contributed by atoms with van der Waals surface area (Å²) in [6, 6.07) is 17.5. The second-order valence-corrected chi connectivity index (χ2v) is 7.24. The summed E-state index contributed by atoms with van der Waals surface area (Å²) in [5.74, 6) is -1.36. The topological polar surface area (TPSA) is 93.7 Å². The fourth-order valence-corrected chi connectivity index (χ4v) is 2.72. The third kappa shape index (κ3) is 7.58. The van der Waals surface area contributed by atoms with E-state index in [1.54, 1.807) is 13.8 Å². The highest BCUT2D eigenvalue weighted by Crippen LogP contribution is 2.11. The Bertz CT molecular complexity index is 824. The van der Waals surface area contributed by atoms with Crippen LogP contribution in [0.25, 0.3) is 0 Å². The molecule has 0 aliphatic carbocycles. The van der Waals surface area contributed by atoms with E-state index < -0.39 is 30.6 Å². The summed E-state index contributed by atoms with van der Waals surface area (Å²) < 4.78 is 10.3. The molecule has 0 heterocycles. The number of esters is 1. The van der Waals surface area contributed by atoms with Gasteiger partial charge in [-0.2, -0.15) is 0 Å². The average Bonchev–Trinajstić information content (AvgIpc) is 2.75. The Labute approximate surface area is 176 Å². The molecule has 160 valence electrons. The molecule has 0 radical (unpaired) electrons. The summed E-state index contributed by atoms with van der Waals surface area (Å²) in [6.07, 6.45) is -0.725. The van der Waals surface area contributed by atoms with Crippen molar-refractivity contribution in [3.05, 3.63) is 71.8 Å². The molecule has 0 aliphatic heterocycles. The fourth-order valence-electron chi connectivity index (χ4n) is 2.72. The highest BCUT2D eigenvalue weighted by Gasteiger charge is 2.27. The minimum Gasteiger partial charge on any atom is -0.454 e. The van der Waals surface area contributed by atoms with Crippen LogP contribution in [-0.4, -0.2) is 30.6 Å². The fraction of sp³-hybridized carbons (Fsp3) is 0.348. The summed E-state index contributed by atoms with van der Waals surface area (Å²) >= 11 is 0. The van der Waals surface area contributed by atoms with Crippen molar-refractivity contribution < 1.29 is 23.9 Å². The molecule has 2 atom stereocenters. The molecule has 2 aromatic rings. The molecule has 0 aliphatic rings. The molecule has 30 heavy (non-hydrogen) atoms. The second-order valence-electron chi connectivity index (χ2n) is 7.24. The number of amides is 2. The zero-order valence-electron chi connectivity index (χ0n) is 17.5. The Hall–Kier alpha value is -3.35. The minimum absolute atomic E-state index is 0.0896. The van der Waals surface area contributed by atoms with Gasteiger partial charge in [0.2, 0.25) is 0 Å². The van der Waals surface area contributed by atoms with E-state index in [0.717, 1.165) is 11.1 Å². The SMILES string of the molecule is CC(C)[C@H](NC(=O)OCc1ccccc1)C(=O)OCC(=O)N[C@H](C)c1ccccc1. The van der Waals surface area contributed by atoms with Gasteiger partial charge in [0.1, 0.15) is 12.6 Å². The number of hydrogen-bond donors (Lipinski definition) is 2. The lowest BCUT2D eigenvalue weighted by Gasteiger charge is -2.21. The summed E-state index contributed by atoms with van der Waals surface area (Å²) in [5.41, 5.74) is 1.78. The van der Waals surface area contributed by atoms with Gasteiger partial charge in [0.25, 0.3) is 5.91 Å². The first-order chi connectivity index (χ1) is 14.4. The monoisotopic (exact) mass is 412 g/mol. The Balaban J connectivity index is 1.80. The Morgan fingerprint density at radius 1 is 0.833 bits per heavy atom. The van der Waals surface area contributed by atoms with Crippen molar-refractivity contribution in [2.45, 2.75) is 39.5 Å². The maximum absolute atomic E-state index is 12.4. The zero-order chi connectivity index (χ0) is 21.9. The third-order valence-corrected chi connectivity index (χ3v) is 4.43. The maximum Gasteiger partial charge on any atom is 0.408 e. The Morgan fingerprint density at radius 3 is 2.03 bits per heavy atom. The van der Waals surface area contributed by atoms with E-state index >= 15 is 0 Å². The van der Waals surface area contributed by atoms with Gasteiger partial charge < -0.3 is 20.1 Å². The van der Waals surface area contributed by atoms with Crippen LogP contribution < -0.4 is 10.6 Å². The molecule has 0 fully saturated rings. The largest absolute Gasteiger partial charge is 0.454 e. The van der Waals surface area contributed by atoms with Crippen molar-refractivity contribution in [3.63, 3.8) is 0 Å². The van der Waals surface area contributed by atoms with Crippen molar-refractivity contribution in [1.82, 2.24) is 10.6 Å². The van der Waals surface area contributed by atoms with E-state index in [9.17, 15) is 14.4 Å². The molecule has 7 heteroatoms. The molecule has 2 N–H and O–H groups in total. The van der Waals surface area contributed by atoms with Crippen LogP contribution in [0.3, 0.4) is 0 Å². The predicted octanol–water partition coefficient (Wildman–Crippen LogP) is 3.36. The maximum atomic E-state index is 12.4. The summed E-state index contributed by atoms with van der Waals surface area (Å²) in [6.45, 7) is 5.03. The molecule has 2 aromatic carbocycles. The first-order valence-corrected chi connectivity index (χ1v) is 9.85. The van der Waals surface area contributed by atoms with Gasteiger partial charge in [0.05, 0.1) is 6.04 Å². The van der Waals surface area contributed by atoms with Gasteiger partial charge in [-0.1, -0.05) is 74.5 Å². The van der Waals surface area contributed by atoms with Gasteiger partial charge in [-0.15, -0.1) is 0 Å². The van der Waals surface area contributed by atoms with Gasteiger partial charge in [-0.05, 0) is 24.0 Å². The van der Waals surface area contributed by atoms with Crippen LogP contribution in [0.4, 0.5) is 4.79 Å². The molecule has 0 spiro atoms. The van der Waals surface area contributed by atoms with Crippen LogP contribution >= 0.6 is 0 Å². The average molecular weight is 412 g/mol. The van der Waals surface area contributed by atoms with Crippen LogP contribution in [0, 0.1) is 5.92 Å². The highest BCUT2D eigenvalue weighted by atomic mass is 16.6. The number of carbonyl (C=O) groups is 3. The molecule has 2 amide bonds. The normalized spacial score (nSPS) is 12.5. The Kier molecular flexibility index (Phi) is 8.87. The van der Waals surface area contributed by atoms with E-state index in [1.165, 1.54) is 0 Å². The van der Waals surface area contributed by atoms with Gasteiger partial charge >= 0.3 is 12.1 Å². The smallest absolute Gasteiger partial charge is 0.408 e. The van der Waals surface area contributed by atoms with Crippen molar-refractivity contribution in [2.75, 3.05) is 6.61 Å². The van der Waals surface area contributed by atoms with Gasteiger partial charge in [0, 0.05) is 0 Å². The summed E-state index contributed by atoms with van der Waals surface area (Å²) in [5, 5.41) is 5.28. The molecule has 0 aromatic heterocycles. The molecule has 0 saturated carbocycles. The van der Waals surface area contributed by atoms with E-state index in [0.29, 0.717) is 0 Å². The number of hydrogen-bond acceptors (Lipinski definition) is 5. The summed E-state index contributed by atoms with van der Waals surface area (Å²) in [7, 11) is 0. The molecule has 2 rings (SSSR count). The van der Waals surface area contributed by atoms with E-state index in [1.807, 2.05) is 67.6 Å². The predicted molar refractivity (Wildman–Crippen MR) is 112 cm³/mol. The molecule has 7 nitrogen and oxygen atoms in total. The van der Waals surface area contributed by atoms with Crippen LogP contribution in [-0.2, 0) is 25.7 Å². The van der Waals surface area contributed by atoms with Crippen LogP contribution in [0.1, 0.15) is 37.9 Å². The molecule has 0 saturated heterocycles. The van der Waals surface area contributed by atoms with Crippen LogP contribution in [0.2, 0.25) is 0 Å². The van der Waals surface area contributed by atoms with E-state index in [4.69, 9.17) is 9.47 Å². The Morgan fingerprint density at radius 2 is 1.43 bits per heavy atom. The van der Waals surface area contributed by atoms with Gasteiger partial charge in [-0.3, -0.25) is 4.79 Å². The number of carbonyl (C=O) groups excluding carboxylic acids is 3. The zero-order valence-corrected chi connectivity index (χ0v) is 17.5. The van der Waals surface area contributed by atoms with E-state index in [-0.39, 0.29) is 18.6 Å². The second kappa shape index (κ2) is 11.6. The standard InChI is InChI=1S/C23H28N2O5/c1-16(2)21(25-23(28)30-14-18-10-6-4-7-11-18)22(27)29-15-20(26)24-17(3)19-12-8-5-9-13-19/h4-13,16-17,21H,14-15H2,1-3H3,(H,24,26)(H,25,28)/t17-,21+/m1/s1. The van der Waals surface area contributed by atoms with Crippen LogP contribution in [0.5, 0.6) is 0 Å². The number of alkyl carbamates (subject to hydrolysis) is 1. The van der Waals surface area contributed by atoms with Crippen molar-refractivity contribution in [1.29, 1.82) is 0 Å². The third-order valence-electron chi connectivity index (χ3n) is 4.43. The molecule has 0 unspecified atom stereocenters. The lowest BCUT2D eigenvalue weighted by molar-refractivity contribution is -0.151. The first-order valence-electron chi connectivity index (χ1n) is 9.85. The number of rotatable bonds is 9. The summed E-state index contributed by atoms with van der Waals surface area (Å²) in [4.78, 5) is 36.5. The van der Waals surface area contributed by atoms with Gasteiger partial charge in [0.15, 0.2) is 6.61 Å². The molecule has 0 bridgehead atoms. The molecular formula is C23H28N2O5. The number of nitrogens with one attached hydrogen (secondary N) is 2. The minimum atomic E-state index is -0.923. The quantitative estimate of drug-likeness (QED) is 0.616. The van der Waals surface area contributed by atoms with Gasteiger partial charge in [-0.25, -0.2) is 9.59 Å². The number of ether oxygens (including phenoxy) is 2. The van der Waals surface area contributed by atoms with Crippen molar-refractivity contribution >= 4 is 18.0 Å². The molecular weight excluding hydrogens is 384 g/mol. The lowest BCUT2D eigenvalue weighted by Crippen LogP contribution is -2.46. The van der Waals surface area contributed by atoms with Crippen molar-refractivity contribution in [2.24, 2.45) is 5.92 Å². The highest BCUT2D eigenvalue weighted by molar-refractivity contribution is 5.85. The van der Waals surface area contributed by atoms with E-state index in [2.05, 4.69) is 10.6 Å². The number of benzene rings is 2. The first kappa shape index (κ1) is 22.9.